The van der Waals surface area contributed by atoms with E-state index in [1.807, 2.05) is 31.2 Å². The maximum atomic E-state index is 12.4. The lowest BCUT2D eigenvalue weighted by molar-refractivity contribution is 0.0861. The lowest BCUT2D eigenvalue weighted by Gasteiger charge is -2.11. The van der Waals surface area contributed by atoms with Gasteiger partial charge in [0.15, 0.2) is 3.95 Å². The molecule has 1 aromatic heterocycles. The Balaban J connectivity index is 1.82. The van der Waals surface area contributed by atoms with Gasteiger partial charge in [0.1, 0.15) is 10.7 Å². The fourth-order valence-electron chi connectivity index (χ4n) is 2.65. The number of carbonyl (C=O) groups is 1. The van der Waals surface area contributed by atoms with Gasteiger partial charge in [0.25, 0.3) is 5.91 Å². The molecule has 1 aliphatic heterocycles. The first-order valence-corrected chi connectivity index (χ1v) is 8.77. The molecule has 3 N–H and O–H groups in total. The minimum atomic E-state index is -0.194. The first kappa shape index (κ1) is 16.2. The van der Waals surface area contributed by atoms with Crippen LogP contribution in [0.2, 0.25) is 0 Å². The molecule has 3 rings (SSSR count). The zero-order valence-electron chi connectivity index (χ0n) is 12.9. The van der Waals surface area contributed by atoms with E-state index in [9.17, 15) is 4.79 Å². The predicted molar refractivity (Wildman–Crippen MR) is 94.9 cm³/mol. The number of nitrogens with one attached hydrogen (secondary N) is 1. The molecule has 7 heteroatoms. The molecule has 0 radical (unpaired) electrons. The van der Waals surface area contributed by atoms with Crippen molar-refractivity contribution in [3.8, 4) is 5.69 Å². The molecule has 1 saturated heterocycles. The second kappa shape index (κ2) is 6.82. The predicted octanol–water partition coefficient (Wildman–Crippen LogP) is 3.07. The van der Waals surface area contributed by atoms with Crippen LogP contribution < -0.4 is 11.1 Å². The molecule has 1 fully saturated rings. The number of aryl methyl sites for hydroxylation is 1. The van der Waals surface area contributed by atoms with Crippen molar-refractivity contribution >= 4 is 35.3 Å². The Morgan fingerprint density at radius 2 is 2.39 bits per heavy atom. The zero-order chi connectivity index (χ0) is 16.4. The van der Waals surface area contributed by atoms with Gasteiger partial charge in [0.05, 0.1) is 6.10 Å². The number of hydrogen-bond donors (Lipinski definition) is 2. The molecule has 2 aromatic rings. The number of anilines is 1. The van der Waals surface area contributed by atoms with Crippen LogP contribution in [0.4, 0.5) is 5.82 Å². The number of aromatic nitrogens is 1. The summed E-state index contributed by atoms with van der Waals surface area (Å²) < 4.78 is 7.82. The quantitative estimate of drug-likeness (QED) is 0.833. The van der Waals surface area contributed by atoms with Crippen molar-refractivity contribution in [2.24, 2.45) is 0 Å². The van der Waals surface area contributed by atoms with Crippen LogP contribution in [0.15, 0.2) is 24.3 Å². The van der Waals surface area contributed by atoms with Gasteiger partial charge in [0, 0.05) is 18.8 Å². The summed E-state index contributed by atoms with van der Waals surface area (Å²) in [7, 11) is 0. The molecule has 1 aliphatic rings. The van der Waals surface area contributed by atoms with Crippen LogP contribution >= 0.6 is 23.6 Å². The van der Waals surface area contributed by atoms with Crippen LogP contribution in [-0.4, -0.2) is 29.7 Å². The molecule has 1 amide bonds. The zero-order valence-corrected chi connectivity index (χ0v) is 14.5. The van der Waals surface area contributed by atoms with Gasteiger partial charge in [-0.05, 0) is 49.7 Å². The number of nitrogen functional groups attached to an aromatic ring is 1. The van der Waals surface area contributed by atoms with Gasteiger partial charge in [0.2, 0.25) is 0 Å². The maximum absolute atomic E-state index is 12.4. The highest BCUT2D eigenvalue weighted by atomic mass is 32.1. The Hall–Kier alpha value is -1.70. The minimum Gasteiger partial charge on any atom is -0.383 e. The summed E-state index contributed by atoms with van der Waals surface area (Å²) in [6.45, 7) is 3.28. The Bertz CT molecular complexity index is 776. The highest BCUT2D eigenvalue weighted by Crippen LogP contribution is 2.26. The summed E-state index contributed by atoms with van der Waals surface area (Å²) in [4.78, 5) is 12.8. The smallest absolute Gasteiger partial charge is 0.265 e. The van der Waals surface area contributed by atoms with Gasteiger partial charge in [-0.15, -0.1) is 0 Å². The third-order valence-corrected chi connectivity index (χ3v) is 5.21. The maximum Gasteiger partial charge on any atom is 0.265 e. The van der Waals surface area contributed by atoms with Crippen LogP contribution in [-0.2, 0) is 4.74 Å². The molecule has 1 atom stereocenters. The summed E-state index contributed by atoms with van der Waals surface area (Å²) in [5.41, 5.74) is 8.17. The van der Waals surface area contributed by atoms with E-state index in [1.165, 1.54) is 11.3 Å². The van der Waals surface area contributed by atoms with Gasteiger partial charge in [-0.25, -0.2) is 0 Å². The molecule has 0 unspecified atom stereocenters. The van der Waals surface area contributed by atoms with Crippen molar-refractivity contribution in [1.29, 1.82) is 0 Å². The molecular weight excluding hydrogens is 330 g/mol. The van der Waals surface area contributed by atoms with Crippen molar-refractivity contribution in [3.63, 3.8) is 0 Å². The van der Waals surface area contributed by atoms with Crippen LogP contribution in [0.1, 0.15) is 28.1 Å². The molecule has 1 aromatic carbocycles. The third kappa shape index (κ3) is 3.46. The average Bonchev–Trinajstić information content (AvgIpc) is 3.13. The molecule has 0 bridgehead atoms. The molecule has 122 valence electrons. The summed E-state index contributed by atoms with van der Waals surface area (Å²) >= 11 is 6.63. The molecule has 5 nitrogen and oxygen atoms in total. The minimum absolute atomic E-state index is 0.104. The summed E-state index contributed by atoms with van der Waals surface area (Å²) in [5.74, 6) is 0.191. The molecule has 0 spiro atoms. The second-order valence-corrected chi connectivity index (χ2v) is 7.25. The molecule has 23 heavy (non-hydrogen) atoms. The van der Waals surface area contributed by atoms with E-state index in [0.717, 1.165) is 30.7 Å². The van der Waals surface area contributed by atoms with Gasteiger partial charge in [-0.2, -0.15) is 0 Å². The van der Waals surface area contributed by atoms with E-state index in [4.69, 9.17) is 22.7 Å². The fourth-order valence-corrected chi connectivity index (χ4v) is 3.94. The van der Waals surface area contributed by atoms with Crippen LogP contribution in [0.3, 0.4) is 0 Å². The van der Waals surface area contributed by atoms with Gasteiger partial charge in [-0.3, -0.25) is 9.36 Å². The summed E-state index contributed by atoms with van der Waals surface area (Å²) in [6, 6.07) is 7.87. The van der Waals surface area contributed by atoms with E-state index in [2.05, 4.69) is 5.32 Å². The van der Waals surface area contributed by atoms with Crippen LogP contribution in [0.5, 0.6) is 0 Å². The summed E-state index contributed by atoms with van der Waals surface area (Å²) in [6.07, 6.45) is 2.13. The molecule has 0 saturated carbocycles. The normalized spacial score (nSPS) is 17.3. The molecular formula is C16H19N3O2S2. The Morgan fingerprint density at radius 3 is 3.09 bits per heavy atom. The fraction of sp³-hybridized carbons (Fsp3) is 0.375. The highest BCUT2D eigenvalue weighted by molar-refractivity contribution is 7.73. The largest absolute Gasteiger partial charge is 0.383 e. The molecule has 0 aliphatic carbocycles. The van der Waals surface area contributed by atoms with E-state index < -0.39 is 0 Å². The van der Waals surface area contributed by atoms with Gasteiger partial charge < -0.3 is 15.8 Å². The van der Waals surface area contributed by atoms with Gasteiger partial charge in [-0.1, -0.05) is 23.5 Å². The van der Waals surface area contributed by atoms with Crippen molar-refractivity contribution in [1.82, 2.24) is 9.88 Å². The number of ether oxygens (including phenoxy) is 1. The highest BCUT2D eigenvalue weighted by Gasteiger charge is 2.21. The van der Waals surface area contributed by atoms with Crippen LogP contribution in [0, 0.1) is 10.9 Å². The van der Waals surface area contributed by atoms with Crippen molar-refractivity contribution in [3.05, 3.63) is 38.7 Å². The van der Waals surface area contributed by atoms with Crippen molar-refractivity contribution < 1.29 is 9.53 Å². The number of nitrogens with two attached hydrogens (primary N) is 1. The number of amides is 1. The second-order valence-electron chi connectivity index (χ2n) is 5.60. The lowest BCUT2D eigenvalue weighted by atomic mass is 10.2. The topological polar surface area (TPSA) is 69.3 Å². The van der Waals surface area contributed by atoms with Crippen LogP contribution in [0.25, 0.3) is 5.69 Å². The first-order chi connectivity index (χ1) is 11.1. The SMILES string of the molecule is Cc1cccc(-n2c(N)c(C(=O)NC[C@@H]3CCCO3)sc2=S)c1. The number of benzene rings is 1. The van der Waals surface area contributed by atoms with E-state index in [-0.39, 0.29) is 12.0 Å². The van der Waals surface area contributed by atoms with Gasteiger partial charge >= 0.3 is 0 Å². The number of thiazole rings is 1. The standard InChI is InChI=1S/C16H19N3O2S2/c1-10-4-2-5-11(8-10)19-14(17)13(23-16(19)22)15(20)18-9-12-6-3-7-21-12/h2,4-5,8,12H,3,6-7,9,17H2,1H3,(H,18,20)/t12-/m0/s1. The van der Waals surface area contributed by atoms with E-state index >= 15 is 0 Å². The number of rotatable bonds is 4. The van der Waals surface area contributed by atoms with Crippen molar-refractivity contribution in [2.45, 2.75) is 25.9 Å². The molecule has 2 heterocycles. The number of hydrogen-bond acceptors (Lipinski definition) is 5. The Labute approximate surface area is 144 Å². The van der Waals surface area contributed by atoms with E-state index in [1.54, 1.807) is 4.57 Å². The average molecular weight is 349 g/mol. The monoisotopic (exact) mass is 349 g/mol. The first-order valence-electron chi connectivity index (χ1n) is 7.54. The Morgan fingerprint density at radius 1 is 1.57 bits per heavy atom. The lowest BCUT2D eigenvalue weighted by Crippen LogP contribution is -2.31. The third-order valence-electron chi connectivity index (χ3n) is 3.83. The van der Waals surface area contributed by atoms with Crippen molar-refractivity contribution in [2.75, 3.05) is 18.9 Å². The summed E-state index contributed by atoms with van der Waals surface area (Å²) in [5, 5.41) is 2.89. The Kier molecular flexibility index (Phi) is 4.79. The number of carbonyl (C=O) groups excluding carboxylic acids is 1. The van der Waals surface area contributed by atoms with E-state index in [0.29, 0.717) is 21.2 Å². The number of nitrogens with zero attached hydrogens (tertiary/aromatic N) is 1.